The molecule has 19 heavy (non-hydrogen) atoms. The standard InChI is InChI=1S/C14H21NO3S/c1-10-11(7-13(19-10)14(17)18)8-15-6-4-2-3-5-12(15)9-16/h7,12,16H,2-6,8-9H2,1H3,(H,17,18). The summed E-state index contributed by atoms with van der Waals surface area (Å²) in [7, 11) is 0. The van der Waals surface area contributed by atoms with E-state index in [-0.39, 0.29) is 12.6 Å². The lowest BCUT2D eigenvalue weighted by atomic mass is 10.1. The third-order valence-corrected chi connectivity index (χ3v) is 4.90. The number of hydrogen-bond donors (Lipinski definition) is 2. The van der Waals surface area contributed by atoms with Crippen molar-refractivity contribution in [3.05, 3.63) is 21.4 Å². The molecule has 0 spiro atoms. The van der Waals surface area contributed by atoms with E-state index in [0.717, 1.165) is 36.4 Å². The lowest BCUT2D eigenvalue weighted by Crippen LogP contribution is -2.36. The summed E-state index contributed by atoms with van der Waals surface area (Å²) in [6, 6.07) is 2.00. The number of hydrogen-bond acceptors (Lipinski definition) is 4. The Morgan fingerprint density at radius 2 is 2.26 bits per heavy atom. The van der Waals surface area contributed by atoms with Crippen molar-refractivity contribution < 1.29 is 15.0 Å². The minimum Gasteiger partial charge on any atom is -0.477 e. The first-order valence-corrected chi connectivity index (χ1v) is 7.61. The maximum atomic E-state index is 11.0. The second kappa shape index (κ2) is 6.50. The number of aryl methyl sites for hydroxylation is 1. The molecule has 1 unspecified atom stereocenters. The number of nitrogens with zero attached hydrogens (tertiary/aromatic N) is 1. The second-order valence-corrected chi connectivity index (χ2v) is 6.41. The van der Waals surface area contributed by atoms with E-state index < -0.39 is 5.97 Å². The predicted molar refractivity (Wildman–Crippen MR) is 75.8 cm³/mol. The van der Waals surface area contributed by atoms with Crippen molar-refractivity contribution in [2.24, 2.45) is 0 Å². The average Bonchev–Trinajstić information content (AvgIpc) is 2.61. The molecule has 2 heterocycles. The van der Waals surface area contributed by atoms with Crippen molar-refractivity contribution in [2.75, 3.05) is 13.2 Å². The topological polar surface area (TPSA) is 60.8 Å². The number of likely N-dealkylation sites (tertiary alicyclic amines) is 1. The van der Waals surface area contributed by atoms with Crippen molar-refractivity contribution >= 4 is 17.3 Å². The van der Waals surface area contributed by atoms with Gasteiger partial charge >= 0.3 is 5.97 Å². The maximum Gasteiger partial charge on any atom is 0.345 e. The van der Waals surface area contributed by atoms with Crippen LogP contribution in [0.5, 0.6) is 0 Å². The molecule has 0 bridgehead atoms. The number of aliphatic hydroxyl groups is 1. The van der Waals surface area contributed by atoms with Crippen LogP contribution in [-0.4, -0.2) is 40.3 Å². The second-order valence-electron chi connectivity index (χ2n) is 5.15. The van der Waals surface area contributed by atoms with E-state index in [4.69, 9.17) is 5.11 Å². The summed E-state index contributed by atoms with van der Waals surface area (Å²) in [5, 5.41) is 18.5. The van der Waals surface area contributed by atoms with Crippen LogP contribution in [0.4, 0.5) is 0 Å². The van der Waals surface area contributed by atoms with Crippen LogP contribution in [0.3, 0.4) is 0 Å². The van der Waals surface area contributed by atoms with Gasteiger partial charge in [-0.2, -0.15) is 0 Å². The molecule has 0 radical (unpaired) electrons. The lowest BCUT2D eigenvalue weighted by Gasteiger charge is -2.28. The summed E-state index contributed by atoms with van der Waals surface area (Å²) >= 11 is 1.34. The van der Waals surface area contributed by atoms with Crippen LogP contribution in [0.15, 0.2) is 6.07 Å². The van der Waals surface area contributed by atoms with Gasteiger partial charge in [0.2, 0.25) is 0 Å². The number of carboxylic acid groups (broad SMARTS) is 1. The molecule has 2 rings (SSSR count). The van der Waals surface area contributed by atoms with E-state index >= 15 is 0 Å². The Morgan fingerprint density at radius 1 is 1.47 bits per heavy atom. The van der Waals surface area contributed by atoms with E-state index in [9.17, 15) is 9.90 Å². The Kier molecular flexibility index (Phi) is 4.96. The molecule has 1 atom stereocenters. The molecule has 1 fully saturated rings. The highest BCUT2D eigenvalue weighted by atomic mass is 32.1. The predicted octanol–water partition coefficient (Wildman–Crippen LogP) is 2.49. The van der Waals surface area contributed by atoms with Crippen LogP contribution in [0.25, 0.3) is 0 Å². The molecule has 1 saturated heterocycles. The number of thiophene rings is 1. The average molecular weight is 283 g/mol. The van der Waals surface area contributed by atoms with Gasteiger partial charge in [0.25, 0.3) is 0 Å². The first-order valence-electron chi connectivity index (χ1n) is 6.79. The normalized spacial score (nSPS) is 21.3. The van der Waals surface area contributed by atoms with Crippen LogP contribution >= 0.6 is 11.3 Å². The Labute approximate surface area is 117 Å². The fraction of sp³-hybridized carbons (Fsp3) is 0.643. The first kappa shape index (κ1) is 14.5. The zero-order chi connectivity index (χ0) is 13.8. The van der Waals surface area contributed by atoms with Gasteiger partial charge in [-0.3, -0.25) is 4.90 Å². The van der Waals surface area contributed by atoms with E-state index in [2.05, 4.69) is 4.90 Å². The van der Waals surface area contributed by atoms with Crippen molar-refractivity contribution in [3.8, 4) is 0 Å². The zero-order valence-electron chi connectivity index (χ0n) is 11.3. The fourth-order valence-electron chi connectivity index (χ4n) is 2.65. The van der Waals surface area contributed by atoms with Gasteiger partial charge in [0.15, 0.2) is 0 Å². The van der Waals surface area contributed by atoms with Gasteiger partial charge in [0.05, 0.1) is 6.61 Å². The van der Waals surface area contributed by atoms with Crippen LogP contribution in [-0.2, 0) is 6.54 Å². The molecular formula is C14H21NO3S. The van der Waals surface area contributed by atoms with Gasteiger partial charge < -0.3 is 10.2 Å². The van der Waals surface area contributed by atoms with Gasteiger partial charge in [-0.25, -0.2) is 4.79 Å². The number of aliphatic hydroxyl groups excluding tert-OH is 1. The number of rotatable bonds is 4. The van der Waals surface area contributed by atoms with Crippen LogP contribution in [0.2, 0.25) is 0 Å². The van der Waals surface area contributed by atoms with Gasteiger partial charge in [-0.15, -0.1) is 11.3 Å². The third kappa shape index (κ3) is 3.55. The quantitative estimate of drug-likeness (QED) is 0.891. The first-order chi connectivity index (χ1) is 9.11. The van der Waals surface area contributed by atoms with Gasteiger partial charge in [-0.05, 0) is 37.9 Å². The summed E-state index contributed by atoms with van der Waals surface area (Å²) < 4.78 is 0. The van der Waals surface area contributed by atoms with Crippen LogP contribution in [0.1, 0.15) is 45.8 Å². The van der Waals surface area contributed by atoms with Gasteiger partial charge in [0.1, 0.15) is 4.88 Å². The van der Waals surface area contributed by atoms with Crippen molar-refractivity contribution in [1.82, 2.24) is 4.90 Å². The lowest BCUT2D eigenvalue weighted by molar-refractivity contribution is 0.0702. The largest absolute Gasteiger partial charge is 0.477 e. The molecule has 0 aliphatic carbocycles. The SMILES string of the molecule is Cc1sc(C(=O)O)cc1CN1CCCCCC1CO. The Balaban J connectivity index is 2.11. The summed E-state index contributed by atoms with van der Waals surface area (Å²) in [5.41, 5.74) is 1.09. The summed E-state index contributed by atoms with van der Waals surface area (Å²) in [6.07, 6.45) is 4.58. The van der Waals surface area contributed by atoms with E-state index in [1.54, 1.807) is 6.07 Å². The molecule has 1 aliphatic heterocycles. The third-order valence-electron chi connectivity index (χ3n) is 3.81. The van der Waals surface area contributed by atoms with Gasteiger partial charge in [-0.1, -0.05) is 12.8 Å². The highest BCUT2D eigenvalue weighted by Crippen LogP contribution is 2.25. The fourth-order valence-corrected chi connectivity index (χ4v) is 3.53. The molecule has 5 heteroatoms. The molecule has 2 N–H and O–H groups in total. The van der Waals surface area contributed by atoms with Gasteiger partial charge in [0, 0.05) is 17.5 Å². The zero-order valence-corrected chi connectivity index (χ0v) is 12.1. The Hall–Kier alpha value is -0.910. The van der Waals surface area contributed by atoms with E-state index in [0.29, 0.717) is 4.88 Å². The molecule has 106 valence electrons. The van der Waals surface area contributed by atoms with E-state index in [1.165, 1.54) is 24.2 Å². The Bertz CT molecular complexity index is 444. The molecule has 0 amide bonds. The summed E-state index contributed by atoms with van der Waals surface area (Å²) in [5.74, 6) is -0.853. The smallest absolute Gasteiger partial charge is 0.345 e. The van der Waals surface area contributed by atoms with Crippen molar-refractivity contribution in [2.45, 2.75) is 45.2 Å². The monoisotopic (exact) mass is 283 g/mol. The minimum atomic E-state index is -0.853. The number of carboxylic acids is 1. The molecule has 1 aliphatic rings. The molecule has 1 aromatic rings. The molecule has 1 aromatic heterocycles. The molecular weight excluding hydrogens is 262 g/mol. The van der Waals surface area contributed by atoms with E-state index in [1.807, 2.05) is 6.92 Å². The number of carbonyl (C=O) groups is 1. The highest BCUT2D eigenvalue weighted by molar-refractivity contribution is 7.14. The minimum absolute atomic E-state index is 0.189. The Morgan fingerprint density at radius 3 is 2.89 bits per heavy atom. The number of aromatic carboxylic acids is 1. The summed E-state index contributed by atoms with van der Waals surface area (Å²) in [6.45, 7) is 3.90. The van der Waals surface area contributed by atoms with Crippen molar-refractivity contribution in [3.63, 3.8) is 0 Å². The molecule has 0 saturated carbocycles. The molecule has 0 aromatic carbocycles. The van der Waals surface area contributed by atoms with Crippen LogP contribution < -0.4 is 0 Å². The summed E-state index contributed by atoms with van der Waals surface area (Å²) in [4.78, 5) is 14.8. The van der Waals surface area contributed by atoms with Crippen molar-refractivity contribution in [1.29, 1.82) is 0 Å². The molecule has 4 nitrogen and oxygen atoms in total. The maximum absolute atomic E-state index is 11.0. The highest BCUT2D eigenvalue weighted by Gasteiger charge is 2.22. The van der Waals surface area contributed by atoms with Crippen LogP contribution in [0, 0.1) is 6.92 Å².